The number of benzene rings is 2. The van der Waals surface area contributed by atoms with Crippen LogP contribution in [-0.4, -0.2) is 11.3 Å². The second kappa shape index (κ2) is 5.12. The number of hydrogen-bond donors (Lipinski definition) is 1. The molecule has 1 aliphatic rings. The van der Waals surface area contributed by atoms with Gasteiger partial charge in [0.15, 0.2) is 5.78 Å². The highest BCUT2D eigenvalue weighted by molar-refractivity contribution is 5.94. The van der Waals surface area contributed by atoms with Gasteiger partial charge in [-0.3, -0.25) is 4.79 Å². The predicted octanol–water partition coefficient (Wildman–Crippen LogP) is 3.62. The summed E-state index contributed by atoms with van der Waals surface area (Å²) in [7, 11) is 0. The highest BCUT2D eigenvalue weighted by Crippen LogP contribution is 2.35. The van der Waals surface area contributed by atoms with Gasteiger partial charge in [-0.1, -0.05) is 55.5 Å². The summed E-state index contributed by atoms with van der Waals surface area (Å²) >= 11 is 0. The van der Waals surface area contributed by atoms with Crippen molar-refractivity contribution in [1.82, 2.24) is 0 Å². The quantitative estimate of drug-likeness (QED) is 0.915. The summed E-state index contributed by atoms with van der Waals surface area (Å²) in [5.41, 5.74) is 3.07. The molecule has 0 fully saturated rings. The van der Waals surface area contributed by atoms with Crippen LogP contribution in [-0.2, 0) is 17.6 Å². The van der Waals surface area contributed by atoms with Gasteiger partial charge in [0.25, 0.3) is 0 Å². The molecule has 2 heteroatoms. The zero-order chi connectivity index (χ0) is 14.0. The summed E-state index contributed by atoms with van der Waals surface area (Å²) in [5.74, 6) is 0.289. The van der Waals surface area contributed by atoms with Gasteiger partial charge < -0.3 is 5.32 Å². The van der Waals surface area contributed by atoms with Crippen LogP contribution in [0.15, 0.2) is 54.6 Å². The minimum atomic E-state index is -0.472. The molecule has 0 aromatic heterocycles. The van der Waals surface area contributed by atoms with Gasteiger partial charge in [-0.15, -0.1) is 0 Å². The smallest absolute Gasteiger partial charge is 0.158 e. The van der Waals surface area contributed by atoms with Crippen molar-refractivity contribution < 1.29 is 4.79 Å². The Bertz CT molecular complexity index is 593. The summed E-state index contributed by atoms with van der Waals surface area (Å²) in [6, 6.07) is 18.5. The number of Topliss-reactive ketones (excluding diaryl/α,β-unsaturated/α-hetero) is 1. The fraction of sp³-hybridized carbons (Fsp3) is 0.278. The Kier molecular flexibility index (Phi) is 3.31. The average Bonchev–Trinajstić information content (AvgIpc) is 2.86. The summed E-state index contributed by atoms with van der Waals surface area (Å²) in [6.07, 6.45) is 2.09. The standard InChI is InChI=1S/C18H19NO/c1-2-17(20)18(12-14-8-4-3-5-9-14)13-15-10-6-7-11-16(15)19-18/h3-11,19H,2,12-13H2,1H3. The number of fused-ring (bicyclic) bond motifs is 1. The molecule has 0 spiro atoms. The van der Waals surface area contributed by atoms with E-state index in [9.17, 15) is 4.79 Å². The van der Waals surface area contributed by atoms with E-state index in [0.29, 0.717) is 6.42 Å². The largest absolute Gasteiger partial charge is 0.372 e. The molecule has 1 heterocycles. The molecule has 0 aliphatic carbocycles. The number of anilines is 1. The van der Waals surface area contributed by atoms with Crippen LogP contribution < -0.4 is 5.32 Å². The van der Waals surface area contributed by atoms with E-state index in [-0.39, 0.29) is 5.78 Å². The first-order chi connectivity index (χ1) is 9.73. The highest BCUT2D eigenvalue weighted by atomic mass is 16.1. The molecule has 0 saturated heterocycles. The number of carbonyl (C=O) groups excluding carboxylic acids is 1. The van der Waals surface area contributed by atoms with E-state index in [0.717, 1.165) is 18.5 Å². The first-order valence-electron chi connectivity index (χ1n) is 7.17. The van der Waals surface area contributed by atoms with Crippen molar-refractivity contribution in [3.63, 3.8) is 0 Å². The predicted molar refractivity (Wildman–Crippen MR) is 81.9 cm³/mol. The van der Waals surface area contributed by atoms with E-state index in [1.165, 1.54) is 11.1 Å². The lowest BCUT2D eigenvalue weighted by Crippen LogP contribution is -2.46. The van der Waals surface area contributed by atoms with Crippen LogP contribution in [0.3, 0.4) is 0 Å². The minimum Gasteiger partial charge on any atom is -0.372 e. The van der Waals surface area contributed by atoms with Crippen molar-refractivity contribution in [2.75, 3.05) is 5.32 Å². The number of ketones is 1. The lowest BCUT2D eigenvalue weighted by molar-refractivity contribution is -0.122. The molecule has 2 nitrogen and oxygen atoms in total. The molecular weight excluding hydrogens is 246 g/mol. The molecule has 0 saturated carbocycles. The topological polar surface area (TPSA) is 29.1 Å². The third kappa shape index (κ3) is 2.22. The molecular formula is C18H19NO. The number of rotatable bonds is 4. The molecule has 102 valence electrons. The fourth-order valence-electron chi connectivity index (χ4n) is 3.08. The number of nitrogens with one attached hydrogen (secondary N) is 1. The highest BCUT2D eigenvalue weighted by Gasteiger charge is 2.42. The Labute approximate surface area is 119 Å². The molecule has 20 heavy (non-hydrogen) atoms. The normalized spacial score (nSPS) is 20.2. The van der Waals surface area contributed by atoms with E-state index in [4.69, 9.17) is 0 Å². The summed E-state index contributed by atoms with van der Waals surface area (Å²) in [6.45, 7) is 1.94. The Morgan fingerprint density at radius 2 is 1.80 bits per heavy atom. The molecule has 1 N–H and O–H groups in total. The molecule has 1 unspecified atom stereocenters. The van der Waals surface area contributed by atoms with E-state index in [1.54, 1.807) is 0 Å². The van der Waals surface area contributed by atoms with Crippen LogP contribution in [0.2, 0.25) is 0 Å². The van der Waals surface area contributed by atoms with Crippen molar-refractivity contribution in [3.8, 4) is 0 Å². The summed E-state index contributed by atoms with van der Waals surface area (Å²) < 4.78 is 0. The molecule has 1 aliphatic heterocycles. The third-order valence-corrected chi connectivity index (χ3v) is 4.09. The molecule has 1 atom stereocenters. The van der Waals surface area contributed by atoms with Crippen LogP contribution in [0.1, 0.15) is 24.5 Å². The van der Waals surface area contributed by atoms with Crippen LogP contribution in [0.25, 0.3) is 0 Å². The monoisotopic (exact) mass is 265 g/mol. The van der Waals surface area contributed by atoms with Gasteiger partial charge in [-0.2, -0.15) is 0 Å². The number of hydrogen-bond acceptors (Lipinski definition) is 2. The van der Waals surface area contributed by atoms with Crippen molar-refractivity contribution in [2.24, 2.45) is 0 Å². The Balaban J connectivity index is 1.94. The van der Waals surface area contributed by atoms with Crippen LogP contribution in [0.4, 0.5) is 5.69 Å². The van der Waals surface area contributed by atoms with Crippen LogP contribution >= 0.6 is 0 Å². The minimum absolute atomic E-state index is 0.289. The third-order valence-electron chi connectivity index (χ3n) is 4.09. The Hall–Kier alpha value is -2.09. The SMILES string of the molecule is CCC(=O)C1(Cc2ccccc2)Cc2ccccc2N1. The van der Waals surface area contributed by atoms with Gasteiger partial charge in [0.05, 0.1) is 0 Å². The van der Waals surface area contributed by atoms with Gasteiger partial charge in [-0.05, 0) is 17.2 Å². The molecule has 2 aromatic rings. The Morgan fingerprint density at radius 3 is 2.50 bits per heavy atom. The second-order valence-electron chi connectivity index (χ2n) is 5.48. The maximum absolute atomic E-state index is 12.5. The summed E-state index contributed by atoms with van der Waals surface area (Å²) in [5, 5.41) is 3.50. The van der Waals surface area contributed by atoms with Crippen molar-refractivity contribution >= 4 is 11.5 Å². The Morgan fingerprint density at radius 1 is 1.10 bits per heavy atom. The summed E-state index contributed by atoms with van der Waals surface area (Å²) in [4.78, 5) is 12.5. The molecule has 0 bridgehead atoms. The molecule has 3 rings (SSSR count). The van der Waals surface area contributed by atoms with E-state index >= 15 is 0 Å². The lowest BCUT2D eigenvalue weighted by atomic mass is 9.83. The van der Waals surface area contributed by atoms with Gasteiger partial charge >= 0.3 is 0 Å². The first-order valence-corrected chi connectivity index (χ1v) is 7.17. The maximum Gasteiger partial charge on any atom is 0.158 e. The fourth-order valence-corrected chi connectivity index (χ4v) is 3.08. The van der Waals surface area contributed by atoms with E-state index in [2.05, 4.69) is 29.6 Å². The van der Waals surface area contributed by atoms with Crippen molar-refractivity contribution in [2.45, 2.75) is 31.7 Å². The second-order valence-corrected chi connectivity index (χ2v) is 5.48. The maximum atomic E-state index is 12.5. The number of carbonyl (C=O) groups is 1. The zero-order valence-corrected chi connectivity index (χ0v) is 11.7. The van der Waals surface area contributed by atoms with Crippen LogP contribution in [0.5, 0.6) is 0 Å². The van der Waals surface area contributed by atoms with E-state index < -0.39 is 5.54 Å². The number of para-hydroxylation sites is 1. The van der Waals surface area contributed by atoms with Gasteiger partial charge in [0.1, 0.15) is 5.54 Å². The van der Waals surface area contributed by atoms with Gasteiger partial charge in [0.2, 0.25) is 0 Å². The average molecular weight is 265 g/mol. The van der Waals surface area contributed by atoms with E-state index in [1.807, 2.05) is 37.3 Å². The molecule has 2 aromatic carbocycles. The first kappa shape index (κ1) is 12.9. The van der Waals surface area contributed by atoms with Crippen molar-refractivity contribution in [3.05, 3.63) is 65.7 Å². The van der Waals surface area contributed by atoms with Crippen LogP contribution in [0, 0.1) is 0 Å². The van der Waals surface area contributed by atoms with Gasteiger partial charge in [-0.25, -0.2) is 0 Å². The van der Waals surface area contributed by atoms with Crippen molar-refractivity contribution in [1.29, 1.82) is 0 Å². The lowest BCUT2D eigenvalue weighted by Gasteiger charge is -2.28. The van der Waals surface area contributed by atoms with Gasteiger partial charge in [0, 0.05) is 24.9 Å². The zero-order valence-electron chi connectivity index (χ0n) is 11.7. The molecule has 0 amide bonds. The molecule has 0 radical (unpaired) electrons.